The van der Waals surface area contributed by atoms with E-state index in [-0.39, 0.29) is 10.8 Å². The van der Waals surface area contributed by atoms with Gasteiger partial charge in [-0.2, -0.15) is 0 Å². The molecule has 1 saturated heterocycles. The van der Waals surface area contributed by atoms with E-state index in [1.54, 1.807) is 24.3 Å². The van der Waals surface area contributed by atoms with Crippen LogP contribution in [0.4, 0.5) is 0 Å². The molecule has 1 aliphatic rings. The molecule has 0 unspecified atom stereocenters. The largest absolute Gasteiger partial charge is 0.378 e. The lowest BCUT2D eigenvalue weighted by atomic mass is 10.1. The van der Waals surface area contributed by atoms with Gasteiger partial charge in [-0.15, -0.1) is 0 Å². The Hall–Kier alpha value is -1.44. The molecule has 0 saturated carbocycles. The molecule has 6 nitrogen and oxygen atoms in total. The van der Waals surface area contributed by atoms with Crippen LogP contribution in [0.15, 0.2) is 29.2 Å². The minimum absolute atomic E-state index is 0.119. The van der Waals surface area contributed by atoms with Gasteiger partial charge in [0.1, 0.15) is 0 Å². The SMILES string of the molecule is CN(C)S(=O)(=O)c1ccc(CCC(=O)N2CCOCC2)cc1. The zero-order chi connectivity index (χ0) is 16.2. The molecule has 1 aromatic rings. The molecule has 1 amide bonds. The van der Waals surface area contributed by atoms with E-state index in [0.29, 0.717) is 39.1 Å². The molecule has 0 atom stereocenters. The Labute approximate surface area is 131 Å². The lowest BCUT2D eigenvalue weighted by Gasteiger charge is -2.26. The summed E-state index contributed by atoms with van der Waals surface area (Å²) in [4.78, 5) is 14.1. The second kappa shape index (κ2) is 7.21. The van der Waals surface area contributed by atoms with E-state index >= 15 is 0 Å². The number of hydrogen-bond acceptors (Lipinski definition) is 4. The number of amides is 1. The van der Waals surface area contributed by atoms with Gasteiger partial charge in [-0.1, -0.05) is 12.1 Å². The Morgan fingerprint density at radius 2 is 1.77 bits per heavy atom. The molecule has 1 aliphatic heterocycles. The maximum atomic E-state index is 12.1. The molecule has 0 bridgehead atoms. The number of nitrogens with zero attached hydrogens (tertiary/aromatic N) is 2. The lowest BCUT2D eigenvalue weighted by Crippen LogP contribution is -2.40. The molecule has 0 N–H and O–H groups in total. The molecule has 1 fully saturated rings. The molecule has 0 aliphatic carbocycles. The standard InChI is InChI=1S/C15H22N2O4S/c1-16(2)22(19,20)14-6-3-13(4-7-14)5-8-15(18)17-9-11-21-12-10-17/h3-4,6-7H,5,8-12H2,1-2H3. The minimum Gasteiger partial charge on any atom is -0.378 e. The molecule has 0 radical (unpaired) electrons. The molecule has 2 rings (SSSR count). The normalized spacial score (nSPS) is 16.0. The molecule has 1 heterocycles. The monoisotopic (exact) mass is 326 g/mol. The number of benzene rings is 1. The first-order valence-electron chi connectivity index (χ1n) is 7.28. The number of sulfonamides is 1. The number of carbonyl (C=O) groups is 1. The highest BCUT2D eigenvalue weighted by Gasteiger charge is 2.18. The van der Waals surface area contributed by atoms with Crippen LogP contribution >= 0.6 is 0 Å². The van der Waals surface area contributed by atoms with Crippen LogP contribution in [0.25, 0.3) is 0 Å². The third-order valence-corrected chi connectivity index (χ3v) is 5.52. The van der Waals surface area contributed by atoms with Crippen molar-refractivity contribution < 1.29 is 17.9 Å². The molecule has 22 heavy (non-hydrogen) atoms. The molecule has 7 heteroatoms. The second-order valence-electron chi connectivity index (χ2n) is 5.42. The summed E-state index contributed by atoms with van der Waals surface area (Å²) in [6, 6.07) is 6.71. The highest BCUT2D eigenvalue weighted by molar-refractivity contribution is 7.89. The van der Waals surface area contributed by atoms with Crippen LogP contribution in [0.2, 0.25) is 0 Å². The first-order chi connectivity index (χ1) is 10.4. The van der Waals surface area contributed by atoms with Crippen LogP contribution in [0.3, 0.4) is 0 Å². The summed E-state index contributed by atoms with van der Waals surface area (Å²) >= 11 is 0. The Kier molecular flexibility index (Phi) is 5.55. The predicted molar refractivity (Wildman–Crippen MR) is 83.0 cm³/mol. The number of aryl methyl sites for hydroxylation is 1. The van der Waals surface area contributed by atoms with Crippen molar-refractivity contribution in [2.45, 2.75) is 17.7 Å². The number of hydrogen-bond donors (Lipinski definition) is 0. The quantitative estimate of drug-likeness (QED) is 0.800. The zero-order valence-electron chi connectivity index (χ0n) is 13.0. The first kappa shape index (κ1) is 16.9. The van der Waals surface area contributed by atoms with Gasteiger partial charge in [-0.05, 0) is 24.1 Å². The summed E-state index contributed by atoms with van der Waals surface area (Å²) in [6.45, 7) is 2.50. The molecular formula is C15H22N2O4S. The van der Waals surface area contributed by atoms with E-state index in [0.717, 1.165) is 5.56 Å². The van der Waals surface area contributed by atoms with Crippen LogP contribution < -0.4 is 0 Å². The van der Waals surface area contributed by atoms with Gasteiger partial charge in [-0.3, -0.25) is 4.79 Å². The summed E-state index contributed by atoms with van der Waals surface area (Å²) < 4.78 is 30.3. The van der Waals surface area contributed by atoms with Gasteiger partial charge in [0.2, 0.25) is 15.9 Å². The highest BCUT2D eigenvalue weighted by atomic mass is 32.2. The molecule has 0 aromatic heterocycles. The van der Waals surface area contributed by atoms with Crippen molar-refractivity contribution in [1.82, 2.24) is 9.21 Å². The van der Waals surface area contributed by atoms with E-state index in [1.165, 1.54) is 18.4 Å². The maximum Gasteiger partial charge on any atom is 0.242 e. The van der Waals surface area contributed by atoms with Crippen LogP contribution in [-0.4, -0.2) is 63.9 Å². The minimum atomic E-state index is -3.40. The summed E-state index contributed by atoms with van der Waals surface area (Å²) in [7, 11) is -0.389. The van der Waals surface area contributed by atoms with Crippen LogP contribution in [0.1, 0.15) is 12.0 Å². The Balaban J connectivity index is 1.93. The van der Waals surface area contributed by atoms with Crippen LogP contribution in [0.5, 0.6) is 0 Å². The molecule has 1 aromatic carbocycles. The average Bonchev–Trinajstić information content (AvgIpc) is 2.53. The lowest BCUT2D eigenvalue weighted by molar-refractivity contribution is -0.135. The van der Waals surface area contributed by atoms with E-state index in [2.05, 4.69) is 0 Å². The Morgan fingerprint density at radius 3 is 2.32 bits per heavy atom. The number of ether oxygens (including phenoxy) is 1. The van der Waals surface area contributed by atoms with Gasteiger partial charge in [0.15, 0.2) is 0 Å². The van der Waals surface area contributed by atoms with Crippen molar-refractivity contribution in [3.05, 3.63) is 29.8 Å². The number of rotatable bonds is 5. The molecular weight excluding hydrogens is 304 g/mol. The summed E-state index contributed by atoms with van der Waals surface area (Å²) in [5, 5.41) is 0. The van der Waals surface area contributed by atoms with Crippen LogP contribution in [0, 0.1) is 0 Å². The topological polar surface area (TPSA) is 66.9 Å². The second-order valence-corrected chi connectivity index (χ2v) is 7.58. The van der Waals surface area contributed by atoms with Crippen molar-refractivity contribution in [2.24, 2.45) is 0 Å². The van der Waals surface area contributed by atoms with E-state index in [9.17, 15) is 13.2 Å². The zero-order valence-corrected chi connectivity index (χ0v) is 13.8. The van der Waals surface area contributed by atoms with Crippen molar-refractivity contribution in [1.29, 1.82) is 0 Å². The van der Waals surface area contributed by atoms with E-state index in [4.69, 9.17) is 4.74 Å². The van der Waals surface area contributed by atoms with E-state index < -0.39 is 10.0 Å². The van der Waals surface area contributed by atoms with Crippen molar-refractivity contribution in [3.8, 4) is 0 Å². The fraction of sp³-hybridized carbons (Fsp3) is 0.533. The van der Waals surface area contributed by atoms with Crippen molar-refractivity contribution >= 4 is 15.9 Å². The summed E-state index contributed by atoms with van der Waals surface area (Å²) in [5.74, 6) is 0.119. The smallest absolute Gasteiger partial charge is 0.242 e. The van der Waals surface area contributed by atoms with E-state index in [1.807, 2.05) is 4.90 Å². The number of morpholine rings is 1. The van der Waals surface area contributed by atoms with Gasteiger partial charge < -0.3 is 9.64 Å². The fourth-order valence-corrected chi connectivity index (χ4v) is 3.16. The Morgan fingerprint density at radius 1 is 1.18 bits per heavy atom. The third kappa shape index (κ3) is 4.06. The highest BCUT2D eigenvalue weighted by Crippen LogP contribution is 2.15. The van der Waals surface area contributed by atoms with Gasteiger partial charge in [-0.25, -0.2) is 12.7 Å². The fourth-order valence-electron chi connectivity index (χ4n) is 2.26. The summed E-state index contributed by atoms with van der Waals surface area (Å²) in [5.41, 5.74) is 0.958. The Bertz CT molecular complexity index is 605. The maximum absolute atomic E-state index is 12.1. The van der Waals surface area contributed by atoms with Gasteiger partial charge in [0.05, 0.1) is 18.1 Å². The van der Waals surface area contributed by atoms with Gasteiger partial charge >= 0.3 is 0 Å². The van der Waals surface area contributed by atoms with Crippen molar-refractivity contribution in [2.75, 3.05) is 40.4 Å². The first-order valence-corrected chi connectivity index (χ1v) is 8.72. The van der Waals surface area contributed by atoms with Crippen LogP contribution in [-0.2, 0) is 26.0 Å². The molecule has 122 valence electrons. The van der Waals surface area contributed by atoms with Gasteiger partial charge in [0.25, 0.3) is 0 Å². The van der Waals surface area contributed by atoms with Gasteiger partial charge in [0, 0.05) is 33.6 Å². The predicted octanol–water partition coefficient (Wildman–Crippen LogP) is 0.728. The van der Waals surface area contributed by atoms with Crippen molar-refractivity contribution in [3.63, 3.8) is 0 Å². The number of carbonyl (C=O) groups excluding carboxylic acids is 1. The summed E-state index contributed by atoms with van der Waals surface area (Å²) in [6.07, 6.45) is 1.04. The third-order valence-electron chi connectivity index (χ3n) is 3.69. The average molecular weight is 326 g/mol. The molecule has 0 spiro atoms.